The average molecular weight is 340 g/mol. The Hall–Kier alpha value is -2.23. The molecular formula is C21H28N2O2. The molecule has 0 bridgehead atoms. The van der Waals surface area contributed by atoms with Crippen molar-refractivity contribution in [2.45, 2.75) is 52.6 Å². The molecule has 1 aliphatic rings. The standard InChI is InChI=1S/C21H28N2O2/c1-14-8-9-17(12-15(14)2)16(3)22-19-6-5-7-20-18(19)10-11-23(20)13-21(24)25-4/h5-7,10-11,16-17,22H,8-9,12-13H2,1-4H3. The molecule has 3 rings (SSSR count). The fourth-order valence-electron chi connectivity index (χ4n) is 3.77. The lowest BCUT2D eigenvalue weighted by Crippen LogP contribution is -2.28. The van der Waals surface area contributed by atoms with Gasteiger partial charge in [-0.25, -0.2) is 0 Å². The van der Waals surface area contributed by atoms with Crippen LogP contribution in [0.5, 0.6) is 0 Å². The Morgan fingerprint density at radius 1 is 1.32 bits per heavy atom. The Bertz CT molecular complexity index is 803. The number of hydrogen-bond acceptors (Lipinski definition) is 3. The molecule has 0 amide bonds. The number of ether oxygens (including phenoxy) is 1. The number of carbonyl (C=O) groups excluding carboxylic acids is 1. The highest BCUT2D eigenvalue weighted by molar-refractivity contribution is 5.93. The van der Waals surface area contributed by atoms with Gasteiger partial charge in [0.15, 0.2) is 0 Å². The molecule has 0 radical (unpaired) electrons. The third-order valence-corrected chi connectivity index (χ3v) is 5.62. The minimum atomic E-state index is -0.232. The maximum atomic E-state index is 11.6. The molecule has 1 heterocycles. The summed E-state index contributed by atoms with van der Waals surface area (Å²) >= 11 is 0. The fourth-order valence-corrected chi connectivity index (χ4v) is 3.77. The molecule has 4 nitrogen and oxygen atoms in total. The van der Waals surface area contributed by atoms with Gasteiger partial charge in [0, 0.05) is 23.3 Å². The van der Waals surface area contributed by atoms with Crippen LogP contribution in [-0.2, 0) is 16.1 Å². The summed E-state index contributed by atoms with van der Waals surface area (Å²) < 4.78 is 6.72. The molecule has 1 aliphatic carbocycles. The lowest BCUT2D eigenvalue weighted by atomic mass is 9.81. The first-order chi connectivity index (χ1) is 12.0. The second kappa shape index (κ2) is 7.34. The molecule has 1 aromatic carbocycles. The highest BCUT2D eigenvalue weighted by Gasteiger charge is 2.22. The largest absolute Gasteiger partial charge is 0.468 e. The van der Waals surface area contributed by atoms with Crippen LogP contribution in [0.3, 0.4) is 0 Å². The van der Waals surface area contributed by atoms with Crippen molar-refractivity contribution < 1.29 is 9.53 Å². The summed E-state index contributed by atoms with van der Waals surface area (Å²) in [5.74, 6) is 0.431. The van der Waals surface area contributed by atoms with Crippen molar-refractivity contribution in [3.05, 3.63) is 41.6 Å². The second-order valence-corrected chi connectivity index (χ2v) is 7.25. The minimum Gasteiger partial charge on any atom is -0.468 e. The van der Waals surface area contributed by atoms with Crippen molar-refractivity contribution in [1.82, 2.24) is 4.57 Å². The van der Waals surface area contributed by atoms with Crippen molar-refractivity contribution in [1.29, 1.82) is 0 Å². The van der Waals surface area contributed by atoms with E-state index < -0.39 is 0 Å². The Labute approximate surface area is 149 Å². The third-order valence-electron chi connectivity index (χ3n) is 5.62. The van der Waals surface area contributed by atoms with Crippen LogP contribution >= 0.6 is 0 Å². The molecule has 25 heavy (non-hydrogen) atoms. The first-order valence-electron chi connectivity index (χ1n) is 9.06. The van der Waals surface area contributed by atoms with E-state index in [2.05, 4.69) is 38.2 Å². The van der Waals surface area contributed by atoms with Gasteiger partial charge in [-0.2, -0.15) is 0 Å². The summed E-state index contributed by atoms with van der Waals surface area (Å²) in [4.78, 5) is 11.6. The number of nitrogens with zero attached hydrogens (tertiary/aromatic N) is 1. The van der Waals surface area contributed by atoms with E-state index in [9.17, 15) is 4.79 Å². The van der Waals surface area contributed by atoms with Crippen molar-refractivity contribution in [3.8, 4) is 0 Å². The maximum absolute atomic E-state index is 11.6. The molecule has 4 heteroatoms. The average Bonchev–Trinajstić information content (AvgIpc) is 3.01. The van der Waals surface area contributed by atoms with Gasteiger partial charge in [0.1, 0.15) is 6.54 Å². The smallest absolute Gasteiger partial charge is 0.325 e. The predicted molar refractivity (Wildman–Crippen MR) is 103 cm³/mol. The lowest BCUT2D eigenvalue weighted by molar-refractivity contribution is -0.141. The molecule has 0 saturated heterocycles. The van der Waals surface area contributed by atoms with Gasteiger partial charge in [-0.1, -0.05) is 17.2 Å². The summed E-state index contributed by atoms with van der Waals surface area (Å²) in [7, 11) is 1.42. The van der Waals surface area contributed by atoms with E-state index >= 15 is 0 Å². The number of allylic oxidation sites excluding steroid dienone is 2. The number of methoxy groups -OCH3 is 1. The number of aromatic nitrogens is 1. The van der Waals surface area contributed by atoms with Crippen molar-refractivity contribution in [3.63, 3.8) is 0 Å². The van der Waals surface area contributed by atoms with E-state index in [1.165, 1.54) is 26.4 Å². The molecule has 2 unspecified atom stereocenters. The normalized spacial score (nSPS) is 19.1. The molecule has 0 fully saturated rings. The summed E-state index contributed by atoms with van der Waals surface area (Å²) in [5.41, 5.74) is 5.30. The molecule has 0 aliphatic heterocycles. The van der Waals surface area contributed by atoms with Crippen LogP contribution in [0.2, 0.25) is 0 Å². The predicted octanol–water partition coefficient (Wildman–Crippen LogP) is 4.75. The first kappa shape index (κ1) is 17.6. The quantitative estimate of drug-likeness (QED) is 0.631. The number of fused-ring (bicyclic) bond motifs is 1. The molecular weight excluding hydrogens is 312 g/mol. The Morgan fingerprint density at radius 3 is 2.84 bits per heavy atom. The van der Waals surface area contributed by atoms with Crippen LogP contribution in [0.15, 0.2) is 41.6 Å². The van der Waals surface area contributed by atoms with Gasteiger partial charge in [0.25, 0.3) is 0 Å². The number of rotatable bonds is 5. The van der Waals surface area contributed by atoms with Crippen molar-refractivity contribution in [2.75, 3.05) is 12.4 Å². The number of nitrogens with one attached hydrogen (secondary N) is 1. The Balaban J connectivity index is 1.79. The maximum Gasteiger partial charge on any atom is 0.325 e. The van der Waals surface area contributed by atoms with Gasteiger partial charge in [0.05, 0.1) is 12.6 Å². The van der Waals surface area contributed by atoms with Crippen molar-refractivity contribution >= 4 is 22.6 Å². The van der Waals surface area contributed by atoms with Gasteiger partial charge in [-0.3, -0.25) is 4.79 Å². The van der Waals surface area contributed by atoms with Crippen molar-refractivity contribution in [2.24, 2.45) is 5.92 Å². The van der Waals surface area contributed by atoms with Crippen LogP contribution < -0.4 is 5.32 Å². The molecule has 134 valence electrons. The Kier molecular flexibility index (Phi) is 5.16. The number of anilines is 1. The number of benzene rings is 1. The van der Waals surface area contributed by atoms with E-state index in [1.54, 1.807) is 11.1 Å². The zero-order chi connectivity index (χ0) is 18.0. The molecule has 0 spiro atoms. The van der Waals surface area contributed by atoms with Crippen LogP contribution in [0.25, 0.3) is 10.9 Å². The van der Waals surface area contributed by atoms with E-state index in [-0.39, 0.29) is 12.5 Å². The molecule has 0 saturated carbocycles. The van der Waals surface area contributed by atoms with Crippen LogP contribution in [0.1, 0.15) is 40.0 Å². The fraction of sp³-hybridized carbons (Fsp3) is 0.476. The van der Waals surface area contributed by atoms with Gasteiger partial charge in [0.2, 0.25) is 0 Å². The zero-order valence-corrected chi connectivity index (χ0v) is 15.6. The number of hydrogen-bond donors (Lipinski definition) is 1. The lowest BCUT2D eigenvalue weighted by Gasteiger charge is -2.30. The minimum absolute atomic E-state index is 0.232. The highest BCUT2D eigenvalue weighted by Crippen LogP contribution is 2.33. The first-order valence-corrected chi connectivity index (χ1v) is 9.06. The second-order valence-electron chi connectivity index (χ2n) is 7.25. The molecule has 2 atom stereocenters. The van der Waals surface area contributed by atoms with Gasteiger partial charge in [-0.05, 0) is 64.2 Å². The van der Waals surface area contributed by atoms with E-state index in [0.717, 1.165) is 16.6 Å². The third kappa shape index (κ3) is 3.73. The molecule has 1 N–H and O–H groups in total. The number of carbonyl (C=O) groups is 1. The number of esters is 1. The highest BCUT2D eigenvalue weighted by atomic mass is 16.5. The van der Waals surface area contributed by atoms with Gasteiger partial charge >= 0.3 is 5.97 Å². The molecule has 2 aromatic rings. The van der Waals surface area contributed by atoms with Gasteiger partial charge < -0.3 is 14.6 Å². The van der Waals surface area contributed by atoms with E-state index in [4.69, 9.17) is 4.74 Å². The summed E-state index contributed by atoms with van der Waals surface area (Å²) in [6.45, 7) is 7.05. The summed E-state index contributed by atoms with van der Waals surface area (Å²) in [5, 5.41) is 4.87. The topological polar surface area (TPSA) is 43.3 Å². The van der Waals surface area contributed by atoms with Gasteiger partial charge in [-0.15, -0.1) is 0 Å². The van der Waals surface area contributed by atoms with E-state index in [0.29, 0.717) is 12.0 Å². The van der Waals surface area contributed by atoms with Crippen LogP contribution in [-0.4, -0.2) is 23.7 Å². The SMILES string of the molecule is COC(=O)Cn1ccc2c(NC(C)C3CCC(C)=C(C)C3)cccc21. The Morgan fingerprint density at radius 2 is 2.12 bits per heavy atom. The summed E-state index contributed by atoms with van der Waals surface area (Å²) in [6.07, 6.45) is 5.59. The summed E-state index contributed by atoms with van der Waals surface area (Å²) in [6, 6.07) is 8.70. The van der Waals surface area contributed by atoms with Crippen LogP contribution in [0, 0.1) is 5.92 Å². The van der Waals surface area contributed by atoms with E-state index in [1.807, 2.05) is 22.9 Å². The van der Waals surface area contributed by atoms with Crippen LogP contribution in [0.4, 0.5) is 5.69 Å². The monoisotopic (exact) mass is 340 g/mol. The zero-order valence-electron chi connectivity index (χ0n) is 15.6. The molecule has 1 aromatic heterocycles.